The first-order chi connectivity index (χ1) is 13.5. The third-order valence-electron chi connectivity index (χ3n) is 5.05. The first-order valence-electron chi connectivity index (χ1n) is 9.85. The van der Waals surface area contributed by atoms with E-state index >= 15 is 0 Å². The number of carbonyl (C=O) groups is 2. The van der Waals surface area contributed by atoms with Crippen LogP contribution in [0.5, 0.6) is 0 Å². The molecule has 0 saturated carbocycles. The molecule has 2 amide bonds. The summed E-state index contributed by atoms with van der Waals surface area (Å²) in [6.45, 7) is 4.04. The molecule has 1 atom stereocenters. The van der Waals surface area contributed by atoms with Gasteiger partial charge in [0.2, 0.25) is 11.8 Å². The maximum atomic E-state index is 12.4. The summed E-state index contributed by atoms with van der Waals surface area (Å²) in [5.74, 6) is -0.639. The second kappa shape index (κ2) is 9.26. The molecule has 6 heteroatoms. The van der Waals surface area contributed by atoms with Gasteiger partial charge in [-0.15, -0.1) is 0 Å². The standard InChI is InChI=1S/C22H28N4O2/c1-16(22(28)25-19-8-6-17(7-9-19)21(23)27)24-18-10-12-20(13-11-18)26-14-4-2-3-5-15-26/h6-13,16,24H,2-5,14-15H2,1H3,(H2,23,27)(H,25,28)/t16-/m0/s1. The molecule has 0 bridgehead atoms. The normalized spacial score (nSPS) is 15.4. The van der Waals surface area contributed by atoms with E-state index in [1.165, 1.54) is 31.4 Å². The molecule has 2 aromatic carbocycles. The van der Waals surface area contributed by atoms with Gasteiger partial charge >= 0.3 is 0 Å². The molecular weight excluding hydrogens is 352 g/mol. The topological polar surface area (TPSA) is 87.5 Å². The summed E-state index contributed by atoms with van der Waals surface area (Å²) in [5.41, 5.74) is 8.40. The molecule has 1 aliphatic rings. The van der Waals surface area contributed by atoms with Gasteiger partial charge in [0.25, 0.3) is 0 Å². The Kier molecular flexibility index (Phi) is 6.53. The van der Waals surface area contributed by atoms with Crippen molar-refractivity contribution in [1.29, 1.82) is 0 Å². The number of rotatable bonds is 6. The van der Waals surface area contributed by atoms with Crippen LogP contribution in [0.2, 0.25) is 0 Å². The Morgan fingerprint density at radius 2 is 1.46 bits per heavy atom. The van der Waals surface area contributed by atoms with Crippen molar-refractivity contribution >= 4 is 28.9 Å². The summed E-state index contributed by atoms with van der Waals surface area (Å²) >= 11 is 0. The zero-order chi connectivity index (χ0) is 19.9. The van der Waals surface area contributed by atoms with Crippen molar-refractivity contribution in [3.05, 3.63) is 54.1 Å². The Morgan fingerprint density at radius 3 is 2.04 bits per heavy atom. The van der Waals surface area contributed by atoms with Crippen molar-refractivity contribution in [1.82, 2.24) is 0 Å². The van der Waals surface area contributed by atoms with E-state index in [1.807, 2.05) is 19.1 Å². The van der Waals surface area contributed by atoms with Gasteiger partial charge in [-0.05, 0) is 68.3 Å². The third-order valence-corrected chi connectivity index (χ3v) is 5.05. The minimum absolute atomic E-state index is 0.150. The highest BCUT2D eigenvalue weighted by atomic mass is 16.2. The van der Waals surface area contributed by atoms with E-state index in [4.69, 9.17) is 5.73 Å². The van der Waals surface area contributed by atoms with Gasteiger partial charge in [-0.3, -0.25) is 9.59 Å². The van der Waals surface area contributed by atoms with Crippen molar-refractivity contribution in [3.63, 3.8) is 0 Å². The van der Waals surface area contributed by atoms with Crippen molar-refractivity contribution in [2.75, 3.05) is 28.6 Å². The number of amides is 2. The number of nitrogens with zero attached hydrogens (tertiary/aromatic N) is 1. The van der Waals surface area contributed by atoms with Crippen LogP contribution in [0.3, 0.4) is 0 Å². The average molecular weight is 380 g/mol. The lowest BCUT2D eigenvalue weighted by molar-refractivity contribution is -0.116. The van der Waals surface area contributed by atoms with Crippen LogP contribution in [0, 0.1) is 0 Å². The second-order valence-electron chi connectivity index (χ2n) is 7.25. The molecule has 0 spiro atoms. The van der Waals surface area contributed by atoms with Crippen molar-refractivity contribution < 1.29 is 9.59 Å². The number of nitrogens with one attached hydrogen (secondary N) is 2. The predicted octanol–water partition coefficient (Wildman–Crippen LogP) is 3.61. The summed E-state index contributed by atoms with van der Waals surface area (Å²) in [7, 11) is 0. The first-order valence-corrected chi connectivity index (χ1v) is 9.85. The Hall–Kier alpha value is -3.02. The lowest BCUT2D eigenvalue weighted by Gasteiger charge is -2.23. The highest BCUT2D eigenvalue weighted by Gasteiger charge is 2.14. The largest absolute Gasteiger partial charge is 0.374 e. The first kappa shape index (κ1) is 19.7. The van der Waals surface area contributed by atoms with Gasteiger partial charge in [-0.1, -0.05) is 12.8 Å². The summed E-state index contributed by atoms with van der Waals surface area (Å²) in [5, 5.41) is 6.07. The van der Waals surface area contributed by atoms with E-state index in [0.717, 1.165) is 18.8 Å². The van der Waals surface area contributed by atoms with Crippen LogP contribution in [-0.4, -0.2) is 30.9 Å². The molecular formula is C22H28N4O2. The Morgan fingerprint density at radius 1 is 0.893 bits per heavy atom. The van der Waals surface area contributed by atoms with E-state index in [2.05, 4.69) is 27.7 Å². The predicted molar refractivity (Wildman–Crippen MR) is 114 cm³/mol. The highest BCUT2D eigenvalue weighted by molar-refractivity contribution is 5.97. The Bertz CT molecular complexity index is 794. The number of hydrogen-bond donors (Lipinski definition) is 3. The number of hydrogen-bond acceptors (Lipinski definition) is 4. The zero-order valence-electron chi connectivity index (χ0n) is 16.3. The Labute approximate surface area is 166 Å². The molecule has 4 N–H and O–H groups in total. The fourth-order valence-electron chi connectivity index (χ4n) is 3.38. The van der Waals surface area contributed by atoms with Crippen LogP contribution >= 0.6 is 0 Å². The number of benzene rings is 2. The van der Waals surface area contributed by atoms with Gasteiger partial charge in [0.1, 0.15) is 6.04 Å². The molecule has 148 valence electrons. The summed E-state index contributed by atoms with van der Waals surface area (Å²) in [6, 6.07) is 14.4. The van der Waals surface area contributed by atoms with E-state index in [-0.39, 0.29) is 5.91 Å². The zero-order valence-corrected chi connectivity index (χ0v) is 16.3. The van der Waals surface area contributed by atoms with Crippen LogP contribution in [0.15, 0.2) is 48.5 Å². The molecule has 0 aliphatic carbocycles. The lowest BCUT2D eigenvalue weighted by Crippen LogP contribution is -2.31. The molecule has 0 unspecified atom stereocenters. The van der Waals surface area contributed by atoms with E-state index in [0.29, 0.717) is 11.3 Å². The number of nitrogens with two attached hydrogens (primary N) is 1. The monoisotopic (exact) mass is 380 g/mol. The lowest BCUT2D eigenvalue weighted by atomic mass is 10.2. The van der Waals surface area contributed by atoms with Crippen LogP contribution < -0.4 is 21.3 Å². The minimum atomic E-state index is -0.489. The van der Waals surface area contributed by atoms with Gasteiger partial charge in [-0.2, -0.15) is 0 Å². The third kappa shape index (κ3) is 5.25. The maximum Gasteiger partial charge on any atom is 0.248 e. The number of anilines is 3. The highest BCUT2D eigenvalue weighted by Crippen LogP contribution is 2.22. The molecule has 1 heterocycles. The van der Waals surface area contributed by atoms with E-state index in [9.17, 15) is 9.59 Å². The molecule has 1 saturated heterocycles. The van der Waals surface area contributed by atoms with Crippen LogP contribution in [0.4, 0.5) is 17.1 Å². The fraction of sp³-hybridized carbons (Fsp3) is 0.364. The van der Waals surface area contributed by atoms with Crippen LogP contribution in [-0.2, 0) is 4.79 Å². The molecule has 6 nitrogen and oxygen atoms in total. The molecule has 0 radical (unpaired) electrons. The van der Waals surface area contributed by atoms with Crippen molar-refractivity contribution in [2.24, 2.45) is 5.73 Å². The maximum absolute atomic E-state index is 12.4. The molecule has 2 aromatic rings. The van der Waals surface area contributed by atoms with Crippen LogP contribution in [0.1, 0.15) is 43.0 Å². The van der Waals surface area contributed by atoms with Crippen LogP contribution in [0.25, 0.3) is 0 Å². The average Bonchev–Trinajstić information content (AvgIpc) is 2.98. The minimum Gasteiger partial charge on any atom is -0.374 e. The van der Waals surface area contributed by atoms with Crippen molar-refractivity contribution in [2.45, 2.75) is 38.6 Å². The van der Waals surface area contributed by atoms with E-state index in [1.54, 1.807) is 24.3 Å². The van der Waals surface area contributed by atoms with Gasteiger partial charge in [0, 0.05) is 35.7 Å². The SMILES string of the molecule is C[C@H](Nc1ccc(N2CCCCCC2)cc1)C(=O)Nc1ccc(C(N)=O)cc1. The summed E-state index contributed by atoms with van der Waals surface area (Å²) in [4.78, 5) is 26.0. The quantitative estimate of drug-likeness (QED) is 0.714. The molecule has 28 heavy (non-hydrogen) atoms. The van der Waals surface area contributed by atoms with Gasteiger partial charge in [-0.25, -0.2) is 0 Å². The molecule has 1 aliphatic heterocycles. The second-order valence-corrected chi connectivity index (χ2v) is 7.25. The van der Waals surface area contributed by atoms with Gasteiger partial charge < -0.3 is 21.3 Å². The number of carbonyl (C=O) groups excluding carboxylic acids is 2. The summed E-state index contributed by atoms with van der Waals surface area (Å²) in [6.07, 6.45) is 5.12. The van der Waals surface area contributed by atoms with Crippen molar-refractivity contribution in [3.8, 4) is 0 Å². The molecule has 0 aromatic heterocycles. The summed E-state index contributed by atoms with van der Waals surface area (Å²) < 4.78 is 0. The van der Waals surface area contributed by atoms with E-state index < -0.39 is 11.9 Å². The van der Waals surface area contributed by atoms with Gasteiger partial charge in [0.05, 0.1) is 0 Å². The number of primary amides is 1. The molecule has 1 fully saturated rings. The smallest absolute Gasteiger partial charge is 0.248 e. The fourth-order valence-corrected chi connectivity index (χ4v) is 3.38. The molecule has 3 rings (SSSR count). The Balaban J connectivity index is 1.55. The van der Waals surface area contributed by atoms with Gasteiger partial charge in [0.15, 0.2) is 0 Å².